The van der Waals surface area contributed by atoms with Crippen LogP contribution in [-0.2, 0) is 14.4 Å². The lowest BCUT2D eigenvalue weighted by Crippen LogP contribution is -2.41. The fraction of sp³-hybridized carbons (Fsp3) is 0.400. The highest BCUT2D eigenvalue weighted by molar-refractivity contribution is 6.06. The molecule has 2 aliphatic carbocycles. The first-order valence-corrected chi connectivity index (χ1v) is 9.14. The van der Waals surface area contributed by atoms with Gasteiger partial charge in [-0.3, -0.25) is 14.4 Å². The van der Waals surface area contributed by atoms with E-state index in [0.29, 0.717) is 66.6 Å². The molecular weight excluding hydrogens is 348 g/mol. The first-order valence-electron chi connectivity index (χ1n) is 9.14. The Balaban J connectivity index is 1.98. The first-order chi connectivity index (χ1) is 13.0. The van der Waals surface area contributed by atoms with Crippen LogP contribution < -0.4 is 0 Å². The number of carbonyl (C=O) groups is 3. The van der Waals surface area contributed by atoms with Crippen molar-refractivity contribution in [3.8, 4) is 5.88 Å². The predicted octanol–water partition coefficient (Wildman–Crippen LogP) is 2.29. The number of carbonyl (C=O) groups excluding carboxylic acids is 2. The number of Topliss-reactive ketones (excluding diaryl/α,β-unsaturated/α-hetero) is 2. The number of carboxylic acid groups (broad SMARTS) is 1. The minimum absolute atomic E-state index is 0.0928. The molecule has 27 heavy (non-hydrogen) atoms. The molecule has 0 spiro atoms. The molecule has 0 aromatic carbocycles. The number of aromatic hydroxyl groups is 1. The SMILES string of the molecule is O=C(O)CN1C2=C(C(=O)CCC2)C(c2cccnc2O)C2=C1CCCC2=O. The maximum atomic E-state index is 12.9. The van der Waals surface area contributed by atoms with Crippen LogP contribution in [0.1, 0.15) is 50.0 Å². The molecule has 0 atom stereocenters. The number of rotatable bonds is 3. The summed E-state index contributed by atoms with van der Waals surface area (Å²) in [6.07, 6.45) is 4.62. The summed E-state index contributed by atoms with van der Waals surface area (Å²) in [5.74, 6) is -2.07. The van der Waals surface area contributed by atoms with E-state index in [0.717, 1.165) is 0 Å². The van der Waals surface area contributed by atoms with Crippen LogP contribution in [0.5, 0.6) is 5.88 Å². The Kier molecular flexibility index (Phi) is 4.30. The van der Waals surface area contributed by atoms with Gasteiger partial charge in [0, 0.05) is 53.1 Å². The second-order valence-corrected chi connectivity index (χ2v) is 7.10. The number of hydrogen-bond acceptors (Lipinski definition) is 6. The lowest BCUT2D eigenvalue weighted by atomic mass is 9.71. The molecule has 2 N–H and O–H groups in total. The molecule has 3 aliphatic rings. The summed E-state index contributed by atoms with van der Waals surface area (Å²) in [7, 11) is 0. The number of pyridine rings is 1. The zero-order valence-electron chi connectivity index (χ0n) is 14.8. The van der Waals surface area contributed by atoms with Crippen molar-refractivity contribution in [2.75, 3.05) is 6.54 Å². The molecule has 0 radical (unpaired) electrons. The van der Waals surface area contributed by atoms with Gasteiger partial charge in [0.2, 0.25) is 5.88 Å². The van der Waals surface area contributed by atoms with E-state index in [1.54, 1.807) is 17.0 Å². The summed E-state index contributed by atoms with van der Waals surface area (Å²) in [4.78, 5) is 42.8. The number of aliphatic carboxylic acids is 1. The lowest BCUT2D eigenvalue weighted by Gasteiger charge is -2.43. The van der Waals surface area contributed by atoms with E-state index in [4.69, 9.17) is 0 Å². The molecule has 140 valence electrons. The molecule has 0 fully saturated rings. The van der Waals surface area contributed by atoms with Crippen LogP contribution in [0.4, 0.5) is 0 Å². The van der Waals surface area contributed by atoms with Gasteiger partial charge >= 0.3 is 5.97 Å². The van der Waals surface area contributed by atoms with Crippen molar-refractivity contribution in [2.24, 2.45) is 0 Å². The third kappa shape index (κ3) is 2.83. The molecule has 0 unspecified atom stereocenters. The maximum Gasteiger partial charge on any atom is 0.323 e. The van der Waals surface area contributed by atoms with Crippen molar-refractivity contribution in [1.82, 2.24) is 9.88 Å². The third-order valence-corrected chi connectivity index (χ3v) is 5.51. The molecule has 0 amide bonds. The van der Waals surface area contributed by atoms with Gasteiger partial charge in [0.05, 0.1) is 0 Å². The van der Waals surface area contributed by atoms with Crippen molar-refractivity contribution in [1.29, 1.82) is 0 Å². The Morgan fingerprint density at radius 1 is 1.07 bits per heavy atom. The second-order valence-electron chi connectivity index (χ2n) is 7.10. The summed E-state index contributed by atoms with van der Waals surface area (Å²) in [5, 5.41) is 19.7. The Hall–Kier alpha value is -2.96. The number of ketones is 2. The number of allylic oxidation sites excluding steroid dienone is 4. The average Bonchev–Trinajstić information content (AvgIpc) is 2.63. The van der Waals surface area contributed by atoms with Crippen LogP contribution >= 0.6 is 0 Å². The van der Waals surface area contributed by atoms with Gasteiger partial charge in [0.1, 0.15) is 6.54 Å². The second kappa shape index (κ2) is 6.64. The molecule has 7 heteroatoms. The van der Waals surface area contributed by atoms with Crippen molar-refractivity contribution in [3.05, 3.63) is 46.4 Å². The van der Waals surface area contributed by atoms with Crippen molar-refractivity contribution in [2.45, 2.75) is 44.4 Å². The van der Waals surface area contributed by atoms with E-state index >= 15 is 0 Å². The van der Waals surface area contributed by atoms with Gasteiger partial charge in [-0.05, 0) is 31.7 Å². The topological polar surface area (TPSA) is 108 Å². The molecule has 2 heterocycles. The van der Waals surface area contributed by atoms with Gasteiger partial charge in [0.25, 0.3) is 0 Å². The number of hydrogen-bond donors (Lipinski definition) is 2. The van der Waals surface area contributed by atoms with Gasteiger partial charge in [-0.2, -0.15) is 0 Å². The highest BCUT2D eigenvalue weighted by Crippen LogP contribution is 2.50. The summed E-state index contributed by atoms with van der Waals surface area (Å²) in [6.45, 7) is -0.274. The Morgan fingerprint density at radius 3 is 2.19 bits per heavy atom. The Bertz CT molecular complexity index is 871. The van der Waals surface area contributed by atoms with Crippen LogP contribution in [0.2, 0.25) is 0 Å². The smallest absolute Gasteiger partial charge is 0.323 e. The number of nitrogens with zero attached hydrogens (tertiary/aromatic N) is 2. The maximum absolute atomic E-state index is 12.9. The highest BCUT2D eigenvalue weighted by Gasteiger charge is 2.44. The first kappa shape index (κ1) is 17.5. The minimum atomic E-state index is -1.01. The van der Waals surface area contributed by atoms with Crippen LogP contribution in [0.15, 0.2) is 40.9 Å². The molecule has 1 aromatic heterocycles. The lowest BCUT2D eigenvalue weighted by molar-refractivity contribution is -0.138. The van der Waals surface area contributed by atoms with Gasteiger partial charge in [-0.15, -0.1) is 0 Å². The van der Waals surface area contributed by atoms with E-state index in [1.165, 1.54) is 6.20 Å². The monoisotopic (exact) mass is 368 g/mol. The van der Waals surface area contributed by atoms with E-state index < -0.39 is 11.9 Å². The van der Waals surface area contributed by atoms with Crippen molar-refractivity contribution in [3.63, 3.8) is 0 Å². The molecular formula is C20H20N2O5. The summed E-state index contributed by atoms with van der Waals surface area (Å²) < 4.78 is 0. The van der Waals surface area contributed by atoms with Crippen molar-refractivity contribution >= 4 is 17.5 Å². The normalized spacial score (nSPS) is 20.7. The molecule has 4 rings (SSSR count). The highest BCUT2D eigenvalue weighted by atomic mass is 16.4. The largest absolute Gasteiger partial charge is 0.493 e. The van der Waals surface area contributed by atoms with Crippen molar-refractivity contribution < 1.29 is 24.6 Å². The molecule has 7 nitrogen and oxygen atoms in total. The summed E-state index contributed by atoms with van der Waals surface area (Å²) in [6, 6.07) is 3.35. The molecule has 0 saturated carbocycles. The molecule has 0 bridgehead atoms. The zero-order valence-corrected chi connectivity index (χ0v) is 14.8. The summed E-state index contributed by atoms with van der Waals surface area (Å²) >= 11 is 0. The predicted molar refractivity (Wildman–Crippen MR) is 94.8 cm³/mol. The molecule has 1 aliphatic heterocycles. The molecule has 0 saturated heterocycles. The Labute approximate surface area is 156 Å². The fourth-order valence-corrected chi connectivity index (χ4v) is 4.49. The van der Waals surface area contributed by atoms with Gasteiger partial charge in [0.15, 0.2) is 11.6 Å². The van der Waals surface area contributed by atoms with E-state index in [-0.39, 0.29) is 24.0 Å². The van der Waals surface area contributed by atoms with E-state index in [2.05, 4.69) is 4.98 Å². The minimum Gasteiger partial charge on any atom is -0.493 e. The van der Waals surface area contributed by atoms with Crippen LogP contribution in [0.3, 0.4) is 0 Å². The average molecular weight is 368 g/mol. The van der Waals surface area contributed by atoms with Crippen LogP contribution in [0.25, 0.3) is 0 Å². The van der Waals surface area contributed by atoms with Crippen LogP contribution in [0, 0.1) is 0 Å². The van der Waals surface area contributed by atoms with Gasteiger partial charge in [-0.25, -0.2) is 4.98 Å². The fourth-order valence-electron chi connectivity index (χ4n) is 4.49. The quantitative estimate of drug-likeness (QED) is 0.843. The molecule has 1 aromatic rings. The standard InChI is InChI=1S/C20H20N2O5/c23-14-7-1-5-12-18(14)17(11-4-3-9-21-20(11)27)19-13(6-2-8-15(19)24)22(12)10-16(25)26/h3-4,9,17H,1-2,5-8,10H2,(H,21,27)(H,25,26). The number of carboxylic acids is 1. The van der Waals surface area contributed by atoms with Crippen LogP contribution in [-0.4, -0.2) is 44.2 Å². The van der Waals surface area contributed by atoms with E-state index in [9.17, 15) is 24.6 Å². The van der Waals surface area contributed by atoms with Gasteiger partial charge < -0.3 is 15.1 Å². The zero-order chi connectivity index (χ0) is 19.1. The number of aromatic nitrogens is 1. The van der Waals surface area contributed by atoms with Gasteiger partial charge in [-0.1, -0.05) is 6.07 Å². The third-order valence-electron chi connectivity index (χ3n) is 5.51. The van der Waals surface area contributed by atoms with E-state index in [1.807, 2.05) is 0 Å². The Morgan fingerprint density at radius 2 is 1.67 bits per heavy atom. The summed E-state index contributed by atoms with van der Waals surface area (Å²) in [5.41, 5.74) is 2.67.